The topological polar surface area (TPSA) is 41.6 Å². The molecule has 1 fully saturated rings. The molecule has 2 aromatic rings. The van der Waals surface area contributed by atoms with Crippen molar-refractivity contribution in [3.63, 3.8) is 0 Å². The highest BCUT2D eigenvalue weighted by Gasteiger charge is 2.53. The van der Waals surface area contributed by atoms with Crippen molar-refractivity contribution in [2.75, 3.05) is 24.3 Å². The Labute approximate surface area is 146 Å². The van der Waals surface area contributed by atoms with E-state index in [1.807, 2.05) is 23.1 Å². The molecule has 1 spiro atoms. The summed E-state index contributed by atoms with van der Waals surface area (Å²) >= 11 is 1.68. The molecule has 1 saturated heterocycles. The molecule has 1 N–H and O–H groups in total. The lowest BCUT2D eigenvalue weighted by molar-refractivity contribution is -0.121. The van der Waals surface area contributed by atoms with Crippen LogP contribution in [0.4, 0.5) is 5.69 Å². The van der Waals surface area contributed by atoms with E-state index in [0.29, 0.717) is 6.54 Å². The Hall–Kier alpha value is -1.98. The molecule has 2 heterocycles. The van der Waals surface area contributed by atoms with Crippen LogP contribution in [0.25, 0.3) is 0 Å². The Morgan fingerprint density at radius 3 is 2.71 bits per heavy atom. The van der Waals surface area contributed by atoms with Crippen LogP contribution in [0.2, 0.25) is 0 Å². The number of nitrogens with zero attached hydrogens (tertiary/aromatic N) is 1. The third kappa shape index (κ3) is 2.31. The maximum Gasteiger partial charge on any atom is 0.262 e. The lowest BCUT2D eigenvalue weighted by Gasteiger charge is -2.23. The molecule has 2 aliphatic heterocycles. The summed E-state index contributed by atoms with van der Waals surface area (Å²) in [7, 11) is 1.66. The largest absolute Gasteiger partial charge is 0.497 e. The maximum absolute atomic E-state index is 13.3. The Morgan fingerprint density at radius 1 is 1.25 bits per heavy atom. The molecule has 1 amide bonds. The average molecular weight is 340 g/mol. The van der Waals surface area contributed by atoms with Gasteiger partial charge in [-0.3, -0.25) is 10.1 Å². The first-order valence-electron chi connectivity index (χ1n) is 8.09. The molecular formula is C19H20N2O2S. The van der Waals surface area contributed by atoms with Gasteiger partial charge < -0.3 is 9.64 Å². The third-order valence-corrected chi connectivity index (χ3v) is 6.06. The Balaban J connectivity index is 1.76. The zero-order valence-electron chi connectivity index (χ0n) is 13.8. The highest BCUT2D eigenvalue weighted by molar-refractivity contribution is 8.01. The standard InChI is InChI=1S/C19H20N2O2S/c1-13-3-5-14(6-4-13)12-21-17-8-7-15(23-2)11-16(17)19(18(21)22)20-9-10-24-19/h3-8,11,20H,9-10,12H2,1-2H3. The predicted molar refractivity (Wildman–Crippen MR) is 97.5 cm³/mol. The second-order valence-corrected chi connectivity index (χ2v) is 7.53. The fourth-order valence-electron chi connectivity index (χ4n) is 3.40. The van der Waals surface area contributed by atoms with Gasteiger partial charge in [0.15, 0.2) is 4.87 Å². The highest BCUT2D eigenvalue weighted by Crippen LogP contribution is 2.50. The molecule has 0 aliphatic carbocycles. The lowest BCUT2D eigenvalue weighted by atomic mass is 10.1. The molecule has 0 bridgehead atoms. The van der Waals surface area contributed by atoms with Gasteiger partial charge in [-0.05, 0) is 30.7 Å². The van der Waals surface area contributed by atoms with Gasteiger partial charge in [0, 0.05) is 17.9 Å². The Bertz CT molecular complexity index is 782. The molecule has 4 rings (SSSR count). The van der Waals surface area contributed by atoms with Crippen molar-refractivity contribution in [3.8, 4) is 5.75 Å². The number of benzene rings is 2. The van der Waals surface area contributed by atoms with Crippen molar-refractivity contribution >= 4 is 23.4 Å². The second kappa shape index (κ2) is 5.83. The van der Waals surface area contributed by atoms with Crippen molar-refractivity contribution in [1.82, 2.24) is 5.32 Å². The second-order valence-electron chi connectivity index (χ2n) is 6.22. The molecule has 2 aromatic carbocycles. The first-order chi connectivity index (χ1) is 11.6. The summed E-state index contributed by atoms with van der Waals surface area (Å²) in [6, 6.07) is 14.3. The quantitative estimate of drug-likeness (QED) is 0.932. The number of carbonyl (C=O) groups is 1. The van der Waals surface area contributed by atoms with E-state index < -0.39 is 4.87 Å². The third-order valence-electron chi connectivity index (χ3n) is 4.68. The van der Waals surface area contributed by atoms with Crippen molar-refractivity contribution in [2.45, 2.75) is 18.3 Å². The van der Waals surface area contributed by atoms with E-state index in [2.05, 4.69) is 36.5 Å². The summed E-state index contributed by atoms with van der Waals surface area (Å²) in [5.41, 5.74) is 4.35. The molecular weight excluding hydrogens is 320 g/mol. The number of rotatable bonds is 3. The van der Waals surface area contributed by atoms with E-state index in [1.165, 1.54) is 5.56 Å². The number of fused-ring (bicyclic) bond motifs is 2. The van der Waals surface area contributed by atoms with Gasteiger partial charge in [-0.1, -0.05) is 29.8 Å². The molecule has 0 aromatic heterocycles. The van der Waals surface area contributed by atoms with E-state index in [0.717, 1.165) is 34.9 Å². The number of nitrogens with one attached hydrogen (secondary N) is 1. The van der Waals surface area contributed by atoms with Crippen LogP contribution in [0.1, 0.15) is 16.7 Å². The fourth-order valence-corrected chi connectivity index (χ4v) is 4.67. The normalized spacial score (nSPS) is 22.2. The number of aryl methyl sites for hydroxylation is 1. The van der Waals surface area contributed by atoms with Gasteiger partial charge in [0.1, 0.15) is 5.75 Å². The zero-order chi connectivity index (χ0) is 16.7. The van der Waals surface area contributed by atoms with Crippen molar-refractivity contribution in [3.05, 3.63) is 59.2 Å². The van der Waals surface area contributed by atoms with Gasteiger partial charge in [0.2, 0.25) is 0 Å². The number of methoxy groups -OCH3 is 1. The van der Waals surface area contributed by atoms with Crippen LogP contribution >= 0.6 is 11.8 Å². The van der Waals surface area contributed by atoms with E-state index in [1.54, 1.807) is 18.9 Å². The van der Waals surface area contributed by atoms with E-state index >= 15 is 0 Å². The molecule has 0 saturated carbocycles. The van der Waals surface area contributed by atoms with Gasteiger partial charge >= 0.3 is 0 Å². The molecule has 4 nitrogen and oxygen atoms in total. The summed E-state index contributed by atoms with van der Waals surface area (Å²) in [6.45, 7) is 3.49. The average Bonchev–Trinajstić information content (AvgIpc) is 3.18. The fraction of sp³-hybridized carbons (Fsp3) is 0.316. The Kier molecular flexibility index (Phi) is 3.77. The Morgan fingerprint density at radius 2 is 2.04 bits per heavy atom. The van der Waals surface area contributed by atoms with Crippen LogP contribution in [0.3, 0.4) is 0 Å². The maximum atomic E-state index is 13.3. The lowest BCUT2D eigenvalue weighted by Crippen LogP contribution is -2.44. The van der Waals surface area contributed by atoms with Gasteiger partial charge in [-0.25, -0.2) is 0 Å². The molecule has 124 valence electrons. The van der Waals surface area contributed by atoms with Crippen LogP contribution in [0.15, 0.2) is 42.5 Å². The van der Waals surface area contributed by atoms with Crippen LogP contribution in [0.5, 0.6) is 5.75 Å². The minimum Gasteiger partial charge on any atom is -0.497 e. The number of ether oxygens (including phenoxy) is 1. The molecule has 2 aliphatic rings. The van der Waals surface area contributed by atoms with E-state index in [-0.39, 0.29) is 5.91 Å². The van der Waals surface area contributed by atoms with Crippen LogP contribution in [0, 0.1) is 6.92 Å². The van der Waals surface area contributed by atoms with Crippen molar-refractivity contribution in [2.24, 2.45) is 0 Å². The summed E-state index contributed by atoms with van der Waals surface area (Å²) in [6.07, 6.45) is 0. The molecule has 0 radical (unpaired) electrons. The SMILES string of the molecule is COc1ccc2c(c1)C1(NCCS1)C(=O)N2Cc1ccc(C)cc1. The summed E-state index contributed by atoms with van der Waals surface area (Å²) in [4.78, 5) is 14.5. The first kappa shape index (κ1) is 15.5. The monoisotopic (exact) mass is 340 g/mol. The van der Waals surface area contributed by atoms with E-state index in [4.69, 9.17) is 4.74 Å². The predicted octanol–water partition coefficient (Wildman–Crippen LogP) is 3.04. The van der Waals surface area contributed by atoms with Crippen molar-refractivity contribution < 1.29 is 9.53 Å². The smallest absolute Gasteiger partial charge is 0.262 e. The van der Waals surface area contributed by atoms with Gasteiger partial charge in [-0.15, -0.1) is 11.8 Å². The molecule has 24 heavy (non-hydrogen) atoms. The van der Waals surface area contributed by atoms with Gasteiger partial charge in [-0.2, -0.15) is 0 Å². The van der Waals surface area contributed by atoms with Gasteiger partial charge in [0.25, 0.3) is 5.91 Å². The zero-order valence-corrected chi connectivity index (χ0v) is 14.7. The molecule has 1 unspecified atom stereocenters. The minimum absolute atomic E-state index is 0.119. The first-order valence-corrected chi connectivity index (χ1v) is 9.07. The number of thioether (sulfide) groups is 1. The number of hydrogen-bond donors (Lipinski definition) is 1. The molecule has 1 atom stereocenters. The van der Waals surface area contributed by atoms with Gasteiger partial charge in [0.05, 0.1) is 19.3 Å². The number of amides is 1. The number of hydrogen-bond acceptors (Lipinski definition) is 4. The van der Waals surface area contributed by atoms with Crippen LogP contribution < -0.4 is 15.0 Å². The summed E-state index contributed by atoms with van der Waals surface area (Å²) in [5.74, 6) is 1.84. The summed E-state index contributed by atoms with van der Waals surface area (Å²) < 4.78 is 5.38. The van der Waals surface area contributed by atoms with Crippen LogP contribution in [-0.2, 0) is 16.2 Å². The number of anilines is 1. The van der Waals surface area contributed by atoms with Crippen molar-refractivity contribution in [1.29, 1.82) is 0 Å². The number of carbonyl (C=O) groups excluding carboxylic acids is 1. The highest BCUT2D eigenvalue weighted by atomic mass is 32.2. The minimum atomic E-state index is -0.658. The van der Waals surface area contributed by atoms with Crippen LogP contribution in [-0.4, -0.2) is 25.3 Å². The summed E-state index contributed by atoms with van der Waals surface area (Å²) in [5, 5.41) is 3.43. The molecule has 5 heteroatoms. The van der Waals surface area contributed by atoms with E-state index in [9.17, 15) is 4.79 Å².